The number of halogens is 3. The Labute approximate surface area is 107 Å². The average Bonchev–Trinajstić information content (AvgIpc) is 2.26. The Bertz CT molecular complexity index is 484. The minimum atomic E-state index is -4.46. The summed E-state index contributed by atoms with van der Waals surface area (Å²) in [6, 6.07) is 2.48. The van der Waals surface area contributed by atoms with E-state index in [2.05, 4.69) is 4.98 Å². The van der Waals surface area contributed by atoms with Crippen LogP contribution in [0.5, 0.6) is 0 Å². The molecule has 0 bridgehead atoms. The molecular formula is C12H13F3N2O2. The molecule has 1 aliphatic heterocycles. The number of aliphatic carboxylic acids is 1. The maximum Gasteiger partial charge on any atom is 0.433 e. The predicted molar refractivity (Wildman–Crippen MR) is 61.7 cm³/mol. The molecule has 0 amide bonds. The number of rotatable bonds is 3. The highest BCUT2D eigenvalue weighted by Crippen LogP contribution is 2.33. The van der Waals surface area contributed by atoms with E-state index in [1.54, 1.807) is 11.8 Å². The summed E-state index contributed by atoms with van der Waals surface area (Å²) in [6.07, 6.45) is -3.35. The Hall–Kier alpha value is -1.79. The van der Waals surface area contributed by atoms with Crippen LogP contribution in [0.2, 0.25) is 0 Å². The van der Waals surface area contributed by atoms with Gasteiger partial charge >= 0.3 is 12.1 Å². The first kappa shape index (κ1) is 13.6. The van der Waals surface area contributed by atoms with E-state index in [-0.39, 0.29) is 5.92 Å². The normalized spacial score (nSPS) is 18.0. The molecule has 104 valence electrons. The fourth-order valence-electron chi connectivity index (χ4n) is 2.01. The molecule has 1 unspecified atom stereocenters. The topological polar surface area (TPSA) is 53.4 Å². The minimum Gasteiger partial charge on any atom is -0.481 e. The molecule has 0 saturated carbocycles. The zero-order valence-corrected chi connectivity index (χ0v) is 10.2. The van der Waals surface area contributed by atoms with Crippen molar-refractivity contribution in [2.24, 2.45) is 11.8 Å². The molecule has 2 heterocycles. The van der Waals surface area contributed by atoms with E-state index in [1.165, 1.54) is 6.07 Å². The number of anilines is 1. The highest BCUT2D eigenvalue weighted by atomic mass is 19.4. The number of carboxylic acids is 1. The second kappa shape index (κ2) is 4.71. The van der Waals surface area contributed by atoms with Crippen molar-refractivity contribution in [1.82, 2.24) is 4.98 Å². The van der Waals surface area contributed by atoms with Gasteiger partial charge in [0.15, 0.2) is 0 Å². The number of pyridine rings is 1. The van der Waals surface area contributed by atoms with E-state index in [1.807, 2.05) is 0 Å². The van der Waals surface area contributed by atoms with Crippen LogP contribution in [0.4, 0.5) is 18.9 Å². The van der Waals surface area contributed by atoms with E-state index in [0.29, 0.717) is 18.8 Å². The van der Waals surface area contributed by atoms with Gasteiger partial charge in [-0.05, 0) is 12.1 Å². The van der Waals surface area contributed by atoms with Gasteiger partial charge in [-0.1, -0.05) is 6.92 Å². The van der Waals surface area contributed by atoms with E-state index in [9.17, 15) is 18.0 Å². The van der Waals surface area contributed by atoms with Crippen LogP contribution >= 0.6 is 0 Å². The molecule has 0 radical (unpaired) electrons. The van der Waals surface area contributed by atoms with Crippen LogP contribution in [-0.4, -0.2) is 29.1 Å². The molecule has 1 aromatic rings. The van der Waals surface area contributed by atoms with Gasteiger partial charge in [-0.15, -0.1) is 0 Å². The summed E-state index contributed by atoms with van der Waals surface area (Å²) in [5.41, 5.74) is -0.504. The first-order valence-corrected chi connectivity index (χ1v) is 5.80. The quantitative estimate of drug-likeness (QED) is 0.918. The maximum atomic E-state index is 12.5. The van der Waals surface area contributed by atoms with Crippen LogP contribution in [0.15, 0.2) is 18.3 Å². The monoisotopic (exact) mass is 274 g/mol. The Kier molecular flexibility index (Phi) is 3.38. The van der Waals surface area contributed by atoms with Crippen LogP contribution in [0.25, 0.3) is 0 Å². The van der Waals surface area contributed by atoms with Crippen LogP contribution in [0, 0.1) is 11.8 Å². The van der Waals surface area contributed by atoms with E-state index in [0.717, 1.165) is 12.3 Å². The SMILES string of the molecule is CC(C(=O)O)C1CN(c2ccnc(C(F)(F)F)c2)C1. The van der Waals surface area contributed by atoms with Gasteiger partial charge in [-0.3, -0.25) is 9.78 Å². The van der Waals surface area contributed by atoms with Gasteiger partial charge < -0.3 is 10.0 Å². The van der Waals surface area contributed by atoms with Crippen molar-refractivity contribution >= 4 is 11.7 Å². The van der Waals surface area contributed by atoms with E-state index < -0.39 is 23.8 Å². The van der Waals surface area contributed by atoms with Gasteiger partial charge in [0.2, 0.25) is 0 Å². The number of carbonyl (C=O) groups is 1. The number of aromatic nitrogens is 1. The minimum absolute atomic E-state index is 0.0278. The zero-order valence-electron chi connectivity index (χ0n) is 10.2. The van der Waals surface area contributed by atoms with Gasteiger partial charge in [0.05, 0.1) is 5.92 Å². The number of alkyl halides is 3. The van der Waals surface area contributed by atoms with Crippen molar-refractivity contribution in [3.05, 3.63) is 24.0 Å². The first-order chi connectivity index (χ1) is 8.79. The molecule has 1 fully saturated rings. The molecule has 4 nitrogen and oxygen atoms in total. The summed E-state index contributed by atoms with van der Waals surface area (Å²) < 4.78 is 37.5. The van der Waals surface area contributed by atoms with Crippen LogP contribution in [0.1, 0.15) is 12.6 Å². The van der Waals surface area contributed by atoms with E-state index in [4.69, 9.17) is 5.11 Å². The molecular weight excluding hydrogens is 261 g/mol. The standard InChI is InChI=1S/C12H13F3N2O2/c1-7(11(18)19)8-5-17(6-8)9-2-3-16-10(4-9)12(13,14)15/h2-4,7-8H,5-6H2,1H3,(H,18,19). The number of hydrogen-bond donors (Lipinski definition) is 1. The van der Waals surface area contributed by atoms with Crippen molar-refractivity contribution in [2.45, 2.75) is 13.1 Å². The summed E-state index contributed by atoms with van der Waals surface area (Å²) in [5, 5.41) is 8.85. The third-order valence-electron chi connectivity index (χ3n) is 3.41. The van der Waals surface area contributed by atoms with Crippen LogP contribution in [0.3, 0.4) is 0 Å². The molecule has 1 saturated heterocycles. The molecule has 1 aromatic heterocycles. The highest BCUT2D eigenvalue weighted by Gasteiger charge is 2.37. The third-order valence-corrected chi connectivity index (χ3v) is 3.41. The summed E-state index contributed by atoms with van der Waals surface area (Å²) in [7, 11) is 0. The van der Waals surface area contributed by atoms with Gasteiger partial charge in [0.25, 0.3) is 0 Å². The second-order valence-electron chi connectivity index (χ2n) is 4.69. The van der Waals surface area contributed by atoms with Gasteiger partial charge in [0.1, 0.15) is 5.69 Å². The van der Waals surface area contributed by atoms with Crippen molar-refractivity contribution in [3.63, 3.8) is 0 Å². The predicted octanol–water partition coefficient (Wildman–Crippen LogP) is 2.26. The molecule has 1 aliphatic rings. The van der Waals surface area contributed by atoms with Crippen LogP contribution < -0.4 is 4.90 Å². The Morgan fingerprint density at radius 3 is 2.68 bits per heavy atom. The van der Waals surface area contributed by atoms with Crippen LogP contribution in [-0.2, 0) is 11.0 Å². The summed E-state index contributed by atoms with van der Waals surface area (Å²) in [4.78, 5) is 15.8. The van der Waals surface area contributed by atoms with E-state index >= 15 is 0 Å². The third kappa shape index (κ3) is 2.80. The highest BCUT2D eigenvalue weighted by molar-refractivity contribution is 5.70. The molecule has 0 aromatic carbocycles. The summed E-state index contributed by atoms with van der Waals surface area (Å²) >= 11 is 0. The molecule has 7 heteroatoms. The number of hydrogen-bond acceptors (Lipinski definition) is 3. The van der Waals surface area contributed by atoms with Gasteiger partial charge in [0, 0.05) is 30.9 Å². The van der Waals surface area contributed by atoms with Gasteiger partial charge in [-0.25, -0.2) is 0 Å². The first-order valence-electron chi connectivity index (χ1n) is 5.80. The Balaban J connectivity index is 2.04. The molecule has 0 aliphatic carbocycles. The Morgan fingerprint density at radius 2 is 2.16 bits per heavy atom. The smallest absolute Gasteiger partial charge is 0.433 e. The molecule has 1 N–H and O–H groups in total. The lowest BCUT2D eigenvalue weighted by Gasteiger charge is -2.43. The van der Waals surface area contributed by atoms with Crippen molar-refractivity contribution in [1.29, 1.82) is 0 Å². The summed E-state index contributed by atoms with van der Waals surface area (Å²) in [5.74, 6) is -1.39. The largest absolute Gasteiger partial charge is 0.481 e. The average molecular weight is 274 g/mol. The molecule has 19 heavy (non-hydrogen) atoms. The summed E-state index contributed by atoms with van der Waals surface area (Å²) in [6.45, 7) is 2.52. The fraction of sp³-hybridized carbons (Fsp3) is 0.500. The lowest BCUT2D eigenvalue weighted by Crippen LogP contribution is -2.51. The van der Waals surface area contributed by atoms with Crippen molar-refractivity contribution in [3.8, 4) is 0 Å². The second-order valence-corrected chi connectivity index (χ2v) is 4.69. The maximum absolute atomic E-state index is 12.5. The molecule has 0 spiro atoms. The lowest BCUT2D eigenvalue weighted by atomic mass is 9.87. The van der Waals surface area contributed by atoms with Crippen molar-refractivity contribution in [2.75, 3.05) is 18.0 Å². The van der Waals surface area contributed by atoms with Crippen molar-refractivity contribution < 1.29 is 23.1 Å². The lowest BCUT2D eigenvalue weighted by molar-refractivity contribution is -0.143. The number of carboxylic acid groups (broad SMARTS) is 1. The zero-order chi connectivity index (χ0) is 14.2. The van der Waals surface area contributed by atoms with Gasteiger partial charge in [-0.2, -0.15) is 13.2 Å². The fourth-order valence-corrected chi connectivity index (χ4v) is 2.01. The Morgan fingerprint density at radius 1 is 1.53 bits per heavy atom. The number of nitrogens with zero attached hydrogens (tertiary/aromatic N) is 2. The molecule has 2 rings (SSSR count). The molecule has 1 atom stereocenters.